The zero-order valence-corrected chi connectivity index (χ0v) is 24.8. The van der Waals surface area contributed by atoms with Gasteiger partial charge >= 0.3 is 11.9 Å². The number of nitrogen functional groups attached to an aromatic ring is 1. The third-order valence-electron chi connectivity index (χ3n) is 5.98. The molecule has 0 radical (unpaired) electrons. The summed E-state index contributed by atoms with van der Waals surface area (Å²) in [5.41, 5.74) is 6.76. The van der Waals surface area contributed by atoms with Crippen molar-refractivity contribution in [2.45, 2.75) is 15.8 Å². The molecular weight excluding hydrogens is 645 g/mol. The minimum atomic E-state index is -1.32. The van der Waals surface area contributed by atoms with Crippen molar-refractivity contribution in [1.82, 2.24) is 20.2 Å². The van der Waals surface area contributed by atoms with E-state index in [1.807, 2.05) is 0 Å². The molecule has 2 atom stereocenters. The lowest BCUT2D eigenvalue weighted by molar-refractivity contribution is -0.150. The number of fused-ring (bicyclic) bond motifs is 1. The number of phenols is 2. The number of benzene rings is 1. The van der Waals surface area contributed by atoms with E-state index >= 15 is 0 Å². The molecule has 2 aliphatic heterocycles. The topological polar surface area (TPSA) is 238 Å². The first-order valence-corrected chi connectivity index (χ1v) is 15.8. The van der Waals surface area contributed by atoms with Crippen LogP contribution in [0.3, 0.4) is 0 Å². The van der Waals surface area contributed by atoms with Crippen molar-refractivity contribution in [3.63, 3.8) is 0 Å². The predicted molar refractivity (Wildman–Crippen MR) is 158 cm³/mol. The molecule has 0 unspecified atom stereocenters. The molecule has 4 heterocycles. The Morgan fingerprint density at radius 3 is 2.63 bits per heavy atom. The van der Waals surface area contributed by atoms with Gasteiger partial charge in [0.15, 0.2) is 26.7 Å². The van der Waals surface area contributed by atoms with Crippen LogP contribution < -0.4 is 11.1 Å². The zero-order valence-electron chi connectivity index (χ0n) is 21.5. The normalized spacial score (nSPS) is 18.2. The number of aromatic hydroxyl groups is 2. The summed E-state index contributed by atoms with van der Waals surface area (Å²) in [5, 5.41) is 46.8. The number of hydrogen-bond acceptors (Lipinski definition) is 15. The van der Waals surface area contributed by atoms with Crippen LogP contribution >= 0.6 is 46.2 Å². The molecule has 43 heavy (non-hydrogen) atoms. The van der Waals surface area contributed by atoms with Gasteiger partial charge in [-0.1, -0.05) is 16.9 Å². The lowest BCUT2D eigenvalue weighted by Crippen LogP contribution is -2.71. The number of thiazole rings is 2. The zero-order chi connectivity index (χ0) is 30.8. The Hall–Kier alpha value is -4.33. The van der Waals surface area contributed by atoms with E-state index in [2.05, 4.69) is 20.4 Å². The highest BCUT2D eigenvalue weighted by atomic mass is 32.2. The molecule has 15 nitrogen and oxygen atoms in total. The van der Waals surface area contributed by atoms with E-state index in [1.54, 1.807) is 11.4 Å². The van der Waals surface area contributed by atoms with Gasteiger partial charge in [0, 0.05) is 27.8 Å². The number of aromatic nitrogens is 2. The second kappa shape index (κ2) is 12.5. The van der Waals surface area contributed by atoms with Gasteiger partial charge in [-0.15, -0.1) is 34.4 Å². The standard InChI is InChI=1S/C24H20N6O9S4/c25-23-26-12(8-41-23)16(29-39-4-15(33)34)19(35)28-17-20(36)30-18(22(37)38)10(5-40-21(17)30)6-42-24-27-11(7-43-24)9-1-2-13(31)14(32)3-9/h1-3,7-8,17,21,31-32H,4-6H2,(H2,25,26)(H,28,35)(H,33,34)(H,37,38)/t17-,21-/m1/s1. The number of carbonyl (C=O) groups excluding carboxylic acids is 2. The quantitative estimate of drug-likeness (QED) is 0.0561. The first-order chi connectivity index (χ1) is 20.5. The van der Waals surface area contributed by atoms with Crippen LogP contribution in [0.2, 0.25) is 0 Å². The van der Waals surface area contributed by atoms with E-state index in [-0.39, 0.29) is 39.5 Å². The summed E-state index contributed by atoms with van der Waals surface area (Å²) < 4.78 is 0.631. The fourth-order valence-corrected chi connectivity index (χ4v) is 7.91. The van der Waals surface area contributed by atoms with Crippen molar-refractivity contribution < 1.29 is 44.4 Å². The molecule has 1 saturated heterocycles. The van der Waals surface area contributed by atoms with Gasteiger partial charge in [0.25, 0.3) is 11.8 Å². The number of nitrogens with one attached hydrogen (secondary N) is 1. The van der Waals surface area contributed by atoms with Crippen LogP contribution in [0.4, 0.5) is 5.13 Å². The SMILES string of the molecule is Nc1nc(C(=NOCC(=O)O)C(=O)N[C@@H]2C(=O)N3C(C(=O)O)=C(CSc4nc(-c5ccc(O)c(O)c5)cs4)CS[C@H]23)cs1. The lowest BCUT2D eigenvalue weighted by Gasteiger charge is -2.49. The number of rotatable bonds is 11. The minimum Gasteiger partial charge on any atom is -0.504 e. The number of nitrogens with zero attached hydrogens (tertiary/aromatic N) is 4. The Morgan fingerprint density at radius 2 is 1.95 bits per heavy atom. The molecule has 2 amide bonds. The molecule has 0 spiro atoms. The Morgan fingerprint density at radius 1 is 1.16 bits per heavy atom. The summed E-state index contributed by atoms with van der Waals surface area (Å²) in [4.78, 5) is 63.5. The maximum absolute atomic E-state index is 13.1. The van der Waals surface area contributed by atoms with Crippen molar-refractivity contribution in [3.8, 4) is 22.8 Å². The van der Waals surface area contributed by atoms with Gasteiger partial charge in [-0.25, -0.2) is 19.6 Å². The van der Waals surface area contributed by atoms with Crippen LogP contribution in [-0.2, 0) is 24.0 Å². The van der Waals surface area contributed by atoms with Gasteiger partial charge in [-0.05, 0) is 23.8 Å². The molecule has 19 heteroatoms. The van der Waals surface area contributed by atoms with Gasteiger partial charge in [0.2, 0.25) is 6.61 Å². The van der Waals surface area contributed by atoms with E-state index < -0.39 is 47.5 Å². The summed E-state index contributed by atoms with van der Waals surface area (Å²) in [6.07, 6.45) is 0. The maximum atomic E-state index is 13.1. The molecule has 3 aromatic rings. The number of carboxylic acids is 2. The van der Waals surface area contributed by atoms with Crippen LogP contribution in [0.25, 0.3) is 11.3 Å². The number of β-lactam (4-membered cyclic amide) rings is 1. The van der Waals surface area contributed by atoms with Crippen molar-refractivity contribution >= 4 is 80.8 Å². The van der Waals surface area contributed by atoms with Crippen LogP contribution in [0, 0.1) is 0 Å². The fourth-order valence-electron chi connectivity index (χ4n) is 4.04. The van der Waals surface area contributed by atoms with E-state index in [0.717, 1.165) is 16.2 Å². The van der Waals surface area contributed by atoms with Gasteiger partial charge in [-0.2, -0.15) is 0 Å². The van der Waals surface area contributed by atoms with E-state index in [4.69, 9.17) is 15.7 Å². The second-order valence-corrected chi connectivity index (χ2v) is 12.9. The summed E-state index contributed by atoms with van der Waals surface area (Å²) in [6.45, 7) is -0.818. The van der Waals surface area contributed by atoms with Crippen LogP contribution in [0.1, 0.15) is 5.69 Å². The Bertz CT molecular complexity index is 1690. The maximum Gasteiger partial charge on any atom is 0.352 e. The summed E-state index contributed by atoms with van der Waals surface area (Å²) in [7, 11) is 0. The summed E-state index contributed by atoms with van der Waals surface area (Å²) in [6, 6.07) is 3.27. The number of aliphatic carboxylic acids is 2. The van der Waals surface area contributed by atoms with E-state index in [0.29, 0.717) is 21.2 Å². The van der Waals surface area contributed by atoms with E-state index in [1.165, 1.54) is 52.4 Å². The Balaban J connectivity index is 1.28. The van der Waals surface area contributed by atoms with Gasteiger partial charge in [0.05, 0.1) is 5.69 Å². The van der Waals surface area contributed by atoms with Crippen molar-refractivity contribution in [1.29, 1.82) is 0 Å². The first kappa shape index (κ1) is 30.1. The van der Waals surface area contributed by atoms with Crippen LogP contribution in [0.15, 0.2) is 49.7 Å². The molecule has 0 aliphatic carbocycles. The number of phenolic OH excluding ortho intramolecular Hbond substituents is 2. The summed E-state index contributed by atoms with van der Waals surface area (Å²) in [5.74, 6) is -4.15. The number of carboxylic acid groups (broad SMARTS) is 2. The van der Waals surface area contributed by atoms with Crippen molar-refractivity contribution in [3.05, 3.63) is 45.9 Å². The molecule has 1 fully saturated rings. The third kappa shape index (κ3) is 6.38. The van der Waals surface area contributed by atoms with Crippen LogP contribution in [-0.4, -0.2) is 94.3 Å². The minimum absolute atomic E-state index is 0.0169. The van der Waals surface area contributed by atoms with Gasteiger partial charge < -0.3 is 36.3 Å². The molecule has 2 aromatic heterocycles. The monoisotopic (exact) mass is 664 g/mol. The highest BCUT2D eigenvalue weighted by molar-refractivity contribution is 8.01. The highest BCUT2D eigenvalue weighted by Gasteiger charge is 2.54. The number of carbonyl (C=O) groups is 4. The average Bonchev–Trinajstić information content (AvgIpc) is 3.62. The number of thioether (sulfide) groups is 2. The molecule has 1 aromatic carbocycles. The highest BCUT2D eigenvalue weighted by Crippen LogP contribution is 2.42. The number of nitrogens with two attached hydrogens (primary N) is 1. The van der Waals surface area contributed by atoms with Crippen molar-refractivity contribution in [2.75, 3.05) is 23.8 Å². The molecule has 5 rings (SSSR count). The Labute approximate surface area is 258 Å². The molecule has 224 valence electrons. The molecule has 2 aliphatic rings. The molecule has 0 bridgehead atoms. The number of oxime groups is 1. The average molecular weight is 665 g/mol. The first-order valence-electron chi connectivity index (χ1n) is 12.0. The summed E-state index contributed by atoms with van der Waals surface area (Å²) >= 11 is 4.90. The van der Waals surface area contributed by atoms with Crippen molar-refractivity contribution in [2.24, 2.45) is 5.16 Å². The third-order valence-corrected chi connectivity index (χ3v) is 10.1. The van der Waals surface area contributed by atoms with Gasteiger partial charge in [0.1, 0.15) is 22.8 Å². The second-order valence-electron chi connectivity index (χ2n) is 8.79. The number of amides is 2. The lowest BCUT2D eigenvalue weighted by atomic mass is 10.0. The molecule has 7 N–H and O–H groups in total. The number of hydrogen-bond donors (Lipinski definition) is 6. The number of anilines is 1. The molecular formula is C24H20N6O9S4. The predicted octanol–water partition coefficient (Wildman–Crippen LogP) is 1.60. The van der Waals surface area contributed by atoms with E-state index in [9.17, 15) is 34.5 Å². The molecule has 0 saturated carbocycles. The smallest absolute Gasteiger partial charge is 0.352 e. The fraction of sp³-hybridized carbons (Fsp3) is 0.208. The van der Waals surface area contributed by atoms with Gasteiger partial charge in [-0.3, -0.25) is 14.5 Å². The largest absolute Gasteiger partial charge is 0.504 e. The van der Waals surface area contributed by atoms with Crippen LogP contribution in [0.5, 0.6) is 11.5 Å². The Kier molecular flexibility index (Phi) is 8.76.